The first-order valence-electron chi connectivity index (χ1n) is 9.93. The normalized spacial score (nSPS) is 21.3. The summed E-state index contributed by atoms with van der Waals surface area (Å²) in [5, 5.41) is 4.28. The van der Waals surface area contributed by atoms with E-state index in [0.717, 1.165) is 36.6 Å². The molecule has 0 spiro atoms. The Bertz CT molecular complexity index is 1020. The molecule has 150 valence electrons. The highest BCUT2D eigenvalue weighted by Crippen LogP contribution is 2.35. The molecule has 0 N–H and O–H groups in total. The van der Waals surface area contributed by atoms with Gasteiger partial charge in [0, 0.05) is 51.2 Å². The van der Waals surface area contributed by atoms with E-state index in [1.165, 1.54) is 5.56 Å². The minimum atomic E-state index is 0.107. The van der Waals surface area contributed by atoms with E-state index < -0.39 is 0 Å². The van der Waals surface area contributed by atoms with Gasteiger partial charge in [-0.3, -0.25) is 14.4 Å². The van der Waals surface area contributed by atoms with Crippen LogP contribution in [0.1, 0.15) is 27.7 Å². The number of carbonyl (C=O) groups excluding carboxylic acids is 1. The molecule has 0 aliphatic carbocycles. The van der Waals surface area contributed by atoms with E-state index in [1.807, 2.05) is 65.4 Å². The van der Waals surface area contributed by atoms with E-state index in [4.69, 9.17) is 4.74 Å². The first kappa shape index (κ1) is 18.0. The van der Waals surface area contributed by atoms with Gasteiger partial charge in [-0.15, -0.1) is 0 Å². The molecule has 7 heteroatoms. The molecule has 1 saturated heterocycles. The Morgan fingerprint density at radius 1 is 1.07 bits per heavy atom. The van der Waals surface area contributed by atoms with Gasteiger partial charge in [0.25, 0.3) is 5.91 Å². The molecule has 0 unspecified atom stereocenters. The minimum Gasteiger partial charge on any atom is -0.497 e. The number of likely N-dealkylation sites (tertiary alicyclic amines) is 1. The van der Waals surface area contributed by atoms with Crippen molar-refractivity contribution in [1.82, 2.24) is 24.1 Å². The molecule has 4 heterocycles. The molecule has 2 aliphatic rings. The molecule has 3 aromatic rings. The van der Waals surface area contributed by atoms with Gasteiger partial charge in [0.15, 0.2) is 0 Å². The molecule has 2 aliphatic heterocycles. The van der Waals surface area contributed by atoms with Crippen molar-refractivity contribution in [2.24, 2.45) is 7.05 Å². The fourth-order valence-corrected chi connectivity index (χ4v) is 4.65. The fourth-order valence-electron chi connectivity index (χ4n) is 4.65. The van der Waals surface area contributed by atoms with Crippen molar-refractivity contribution >= 4 is 5.91 Å². The van der Waals surface area contributed by atoms with Crippen LogP contribution in [0.2, 0.25) is 0 Å². The second kappa shape index (κ2) is 7.08. The van der Waals surface area contributed by atoms with Crippen LogP contribution in [0, 0.1) is 0 Å². The molecule has 1 amide bonds. The zero-order valence-electron chi connectivity index (χ0n) is 16.7. The monoisotopic (exact) mass is 391 g/mol. The second-order valence-corrected chi connectivity index (χ2v) is 7.93. The average molecular weight is 391 g/mol. The predicted octanol–water partition coefficient (Wildman–Crippen LogP) is 2.31. The van der Waals surface area contributed by atoms with Gasteiger partial charge in [-0.25, -0.2) is 0 Å². The summed E-state index contributed by atoms with van der Waals surface area (Å²) >= 11 is 0. The van der Waals surface area contributed by atoms with Crippen molar-refractivity contribution in [3.8, 4) is 5.75 Å². The Kier molecular flexibility index (Phi) is 4.39. The number of rotatable bonds is 5. The van der Waals surface area contributed by atoms with Crippen LogP contribution in [0.3, 0.4) is 0 Å². The van der Waals surface area contributed by atoms with Crippen LogP contribution in [-0.2, 0) is 20.1 Å². The third kappa shape index (κ3) is 3.21. The number of benzene rings is 1. The molecule has 0 radical (unpaired) electrons. The van der Waals surface area contributed by atoms with Gasteiger partial charge in [0.05, 0.1) is 25.4 Å². The first-order chi connectivity index (χ1) is 14.1. The van der Waals surface area contributed by atoms with Gasteiger partial charge in [-0.1, -0.05) is 12.1 Å². The quantitative estimate of drug-likeness (QED) is 0.670. The number of hydrogen-bond acceptors (Lipinski definition) is 4. The molecule has 1 fully saturated rings. The number of ether oxygens (including phenoxy) is 1. The van der Waals surface area contributed by atoms with Crippen LogP contribution in [0.4, 0.5) is 0 Å². The lowest BCUT2D eigenvalue weighted by atomic mass is 10.0. The van der Waals surface area contributed by atoms with E-state index in [-0.39, 0.29) is 18.0 Å². The van der Waals surface area contributed by atoms with Crippen LogP contribution in [0.15, 0.2) is 55.0 Å². The van der Waals surface area contributed by atoms with E-state index in [0.29, 0.717) is 6.54 Å². The van der Waals surface area contributed by atoms with E-state index >= 15 is 0 Å². The van der Waals surface area contributed by atoms with Crippen molar-refractivity contribution in [3.05, 3.63) is 71.8 Å². The van der Waals surface area contributed by atoms with Gasteiger partial charge in [-0.05, 0) is 29.8 Å². The maximum Gasteiger partial charge on any atom is 0.271 e. The third-order valence-electron chi connectivity index (χ3n) is 6.03. The number of fused-ring (bicyclic) bond motifs is 3. The lowest BCUT2D eigenvalue weighted by Gasteiger charge is -2.38. The Hall–Kier alpha value is -3.06. The molecule has 29 heavy (non-hydrogen) atoms. The SMILES string of the molecule is COc1ccc(CN2C(=O)c3cccn3[C@H]3CN(Cc4cnn(C)c4)C[C@H]32)cc1. The Morgan fingerprint density at radius 3 is 2.59 bits per heavy atom. The molecule has 0 bridgehead atoms. The van der Waals surface area contributed by atoms with E-state index in [9.17, 15) is 4.79 Å². The van der Waals surface area contributed by atoms with Gasteiger partial charge in [0.2, 0.25) is 0 Å². The van der Waals surface area contributed by atoms with Gasteiger partial charge >= 0.3 is 0 Å². The highest BCUT2D eigenvalue weighted by atomic mass is 16.5. The van der Waals surface area contributed by atoms with Crippen LogP contribution in [0.5, 0.6) is 5.75 Å². The standard InChI is InChI=1S/C22H25N5O2/c1-24-11-17(10-23-24)12-25-14-20-21(15-25)27(22(28)19-4-3-9-26(19)20)13-16-5-7-18(29-2)8-6-16/h3-11,20-21H,12-15H2,1-2H3/t20-,21+/m0/s1. The predicted molar refractivity (Wildman–Crippen MR) is 109 cm³/mol. The summed E-state index contributed by atoms with van der Waals surface area (Å²) < 4.78 is 9.26. The maximum atomic E-state index is 13.3. The fraction of sp³-hybridized carbons (Fsp3) is 0.364. The van der Waals surface area contributed by atoms with Crippen LogP contribution in [-0.4, -0.2) is 56.3 Å². The number of methoxy groups -OCH3 is 1. The summed E-state index contributed by atoms with van der Waals surface area (Å²) in [4.78, 5) is 17.7. The van der Waals surface area contributed by atoms with Gasteiger partial charge in [0.1, 0.15) is 11.4 Å². The van der Waals surface area contributed by atoms with E-state index in [2.05, 4.69) is 20.8 Å². The minimum absolute atomic E-state index is 0.107. The molecule has 2 aromatic heterocycles. The van der Waals surface area contributed by atoms with Crippen molar-refractivity contribution in [2.45, 2.75) is 25.2 Å². The molecular formula is C22H25N5O2. The third-order valence-corrected chi connectivity index (χ3v) is 6.03. The second-order valence-electron chi connectivity index (χ2n) is 7.93. The highest BCUT2D eigenvalue weighted by Gasteiger charge is 2.44. The number of hydrogen-bond donors (Lipinski definition) is 0. The lowest BCUT2D eigenvalue weighted by molar-refractivity contribution is 0.0556. The lowest BCUT2D eigenvalue weighted by Crippen LogP contribution is -2.49. The molecule has 7 nitrogen and oxygen atoms in total. The smallest absolute Gasteiger partial charge is 0.271 e. The molecule has 5 rings (SSSR count). The Morgan fingerprint density at radius 2 is 1.86 bits per heavy atom. The molecule has 1 aromatic carbocycles. The number of aromatic nitrogens is 3. The largest absolute Gasteiger partial charge is 0.497 e. The Balaban J connectivity index is 1.41. The van der Waals surface area contributed by atoms with Crippen LogP contribution >= 0.6 is 0 Å². The topological polar surface area (TPSA) is 55.5 Å². The summed E-state index contributed by atoms with van der Waals surface area (Å²) in [6.07, 6.45) is 6.02. The number of carbonyl (C=O) groups is 1. The zero-order valence-corrected chi connectivity index (χ0v) is 16.7. The zero-order chi connectivity index (χ0) is 20.0. The summed E-state index contributed by atoms with van der Waals surface area (Å²) in [5.41, 5.74) is 3.10. The highest BCUT2D eigenvalue weighted by molar-refractivity contribution is 5.94. The average Bonchev–Trinajstić information content (AvgIpc) is 3.45. The Labute approximate surface area is 170 Å². The summed E-state index contributed by atoms with van der Waals surface area (Å²) in [7, 11) is 3.60. The number of amides is 1. The van der Waals surface area contributed by atoms with Crippen LogP contribution in [0.25, 0.3) is 0 Å². The maximum absolute atomic E-state index is 13.3. The summed E-state index contributed by atoms with van der Waals surface area (Å²) in [5.74, 6) is 0.935. The van der Waals surface area contributed by atoms with Gasteiger partial charge in [-0.2, -0.15) is 5.10 Å². The van der Waals surface area contributed by atoms with Crippen LogP contribution < -0.4 is 4.74 Å². The first-order valence-corrected chi connectivity index (χ1v) is 9.93. The summed E-state index contributed by atoms with van der Waals surface area (Å²) in [6.45, 7) is 3.24. The van der Waals surface area contributed by atoms with Crippen molar-refractivity contribution in [2.75, 3.05) is 20.2 Å². The molecule has 2 atom stereocenters. The van der Waals surface area contributed by atoms with Gasteiger partial charge < -0.3 is 14.2 Å². The molecular weight excluding hydrogens is 366 g/mol. The number of nitrogens with zero attached hydrogens (tertiary/aromatic N) is 5. The molecule has 0 saturated carbocycles. The summed E-state index contributed by atoms with van der Waals surface area (Å²) in [6, 6.07) is 12.3. The number of aryl methyl sites for hydroxylation is 1. The van der Waals surface area contributed by atoms with Crippen molar-refractivity contribution in [1.29, 1.82) is 0 Å². The van der Waals surface area contributed by atoms with Crippen molar-refractivity contribution in [3.63, 3.8) is 0 Å². The van der Waals surface area contributed by atoms with E-state index in [1.54, 1.807) is 7.11 Å². The van der Waals surface area contributed by atoms with Crippen molar-refractivity contribution < 1.29 is 9.53 Å².